The summed E-state index contributed by atoms with van der Waals surface area (Å²) in [4.78, 5) is 3.38. The number of rotatable bonds is 6. The fourth-order valence-electron chi connectivity index (χ4n) is 4.45. The summed E-state index contributed by atoms with van der Waals surface area (Å²) in [5.74, 6) is 2.17. The summed E-state index contributed by atoms with van der Waals surface area (Å²) in [7, 11) is 0. The van der Waals surface area contributed by atoms with Gasteiger partial charge < -0.3 is 19.8 Å². The van der Waals surface area contributed by atoms with E-state index in [9.17, 15) is 0 Å². The molecule has 0 aliphatic carbocycles. The van der Waals surface area contributed by atoms with E-state index in [0.717, 1.165) is 30.0 Å². The topological polar surface area (TPSA) is 46.3 Å². The number of aromatic nitrogens is 1. The minimum Gasteiger partial charge on any atom is -0.454 e. The molecule has 2 atom stereocenters. The van der Waals surface area contributed by atoms with Crippen molar-refractivity contribution in [2.45, 2.75) is 37.6 Å². The first-order valence-electron chi connectivity index (χ1n) is 10.2. The Hall–Kier alpha value is -2.72. The van der Waals surface area contributed by atoms with Crippen LogP contribution in [0.1, 0.15) is 36.3 Å². The SMILES string of the molecule is C1=CC(c2ccccc2)C(CCCCc2c[nH]c3cc4c(cc23)OCO4)NC1. The van der Waals surface area contributed by atoms with Gasteiger partial charge in [0.2, 0.25) is 6.79 Å². The minimum absolute atomic E-state index is 0.322. The fourth-order valence-corrected chi connectivity index (χ4v) is 4.45. The van der Waals surface area contributed by atoms with Crippen molar-refractivity contribution in [3.63, 3.8) is 0 Å². The number of benzene rings is 2. The van der Waals surface area contributed by atoms with Crippen LogP contribution in [0.4, 0.5) is 0 Å². The summed E-state index contributed by atoms with van der Waals surface area (Å²) < 4.78 is 11.0. The van der Waals surface area contributed by atoms with Crippen molar-refractivity contribution in [2.75, 3.05) is 13.3 Å². The van der Waals surface area contributed by atoms with Crippen molar-refractivity contribution < 1.29 is 9.47 Å². The molecule has 144 valence electrons. The van der Waals surface area contributed by atoms with Crippen molar-refractivity contribution in [1.82, 2.24) is 10.3 Å². The van der Waals surface area contributed by atoms with Crippen LogP contribution in [0.15, 0.2) is 60.8 Å². The van der Waals surface area contributed by atoms with Crippen molar-refractivity contribution >= 4 is 10.9 Å². The molecule has 4 heteroatoms. The largest absolute Gasteiger partial charge is 0.454 e. The predicted octanol–water partition coefficient (Wildman–Crippen LogP) is 4.92. The van der Waals surface area contributed by atoms with Gasteiger partial charge in [0.25, 0.3) is 0 Å². The van der Waals surface area contributed by atoms with Crippen LogP contribution in [-0.4, -0.2) is 24.4 Å². The molecule has 0 spiro atoms. The van der Waals surface area contributed by atoms with Gasteiger partial charge in [-0.3, -0.25) is 0 Å². The Labute approximate surface area is 165 Å². The summed E-state index contributed by atoms with van der Waals surface area (Å²) in [6.07, 6.45) is 11.4. The molecule has 0 saturated carbocycles. The highest BCUT2D eigenvalue weighted by molar-refractivity contribution is 5.86. The maximum atomic E-state index is 5.54. The lowest BCUT2D eigenvalue weighted by atomic mass is 9.86. The van der Waals surface area contributed by atoms with Gasteiger partial charge >= 0.3 is 0 Å². The van der Waals surface area contributed by atoms with E-state index in [1.165, 1.54) is 35.8 Å². The molecule has 0 fully saturated rings. The summed E-state index contributed by atoms with van der Waals surface area (Å²) in [6.45, 7) is 1.30. The molecule has 1 aromatic heterocycles. The van der Waals surface area contributed by atoms with Crippen LogP contribution in [0.2, 0.25) is 0 Å². The molecule has 2 aliphatic rings. The summed E-state index contributed by atoms with van der Waals surface area (Å²) in [5, 5.41) is 4.95. The van der Waals surface area contributed by atoms with E-state index in [2.05, 4.69) is 65.0 Å². The van der Waals surface area contributed by atoms with Crippen LogP contribution in [0.25, 0.3) is 10.9 Å². The van der Waals surface area contributed by atoms with E-state index >= 15 is 0 Å². The van der Waals surface area contributed by atoms with Gasteiger partial charge in [-0.25, -0.2) is 0 Å². The molecule has 0 bridgehead atoms. The number of unbranched alkanes of at least 4 members (excludes halogenated alkanes) is 1. The zero-order valence-electron chi connectivity index (χ0n) is 16.0. The lowest BCUT2D eigenvalue weighted by Gasteiger charge is -2.29. The highest BCUT2D eigenvalue weighted by atomic mass is 16.7. The Morgan fingerprint density at radius 2 is 1.86 bits per heavy atom. The third-order valence-corrected chi connectivity index (χ3v) is 5.93. The molecular weight excluding hydrogens is 348 g/mol. The van der Waals surface area contributed by atoms with Crippen LogP contribution in [0.3, 0.4) is 0 Å². The average molecular weight is 374 g/mol. The van der Waals surface area contributed by atoms with Gasteiger partial charge in [0, 0.05) is 41.7 Å². The van der Waals surface area contributed by atoms with Gasteiger partial charge in [0.05, 0.1) is 0 Å². The van der Waals surface area contributed by atoms with Crippen molar-refractivity contribution in [1.29, 1.82) is 0 Å². The number of fused-ring (bicyclic) bond motifs is 2. The highest BCUT2D eigenvalue weighted by Gasteiger charge is 2.22. The lowest BCUT2D eigenvalue weighted by molar-refractivity contribution is 0.174. The molecule has 0 amide bonds. The number of ether oxygens (including phenoxy) is 2. The van der Waals surface area contributed by atoms with E-state index in [1.807, 2.05) is 6.07 Å². The minimum atomic E-state index is 0.322. The van der Waals surface area contributed by atoms with Gasteiger partial charge in [-0.05, 0) is 36.5 Å². The normalized spacial score (nSPS) is 20.7. The predicted molar refractivity (Wildman–Crippen MR) is 112 cm³/mol. The number of hydrogen-bond donors (Lipinski definition) is 2. The number of hydrogen-bond acceptors (Lipinski definition) is 3. The maximum absolute atomic E-state index is 5.54. The molecule has 5 rings (SSSR count). The molecule has 0 radical (unpaired) electrons. The van der Waals surface area contributed by atoms with Crippen LogP contribution >= 0.6 is 0 Å². The number of H-pyrrole nitrogens is 1. The van der Waals surface area contributed by atoms with Crippen LogP contribution in [0, 0.1) is 0 Å². The van der Waals surface area contributed by atoms with Gasteiger partial charge in [0.1, 0.15) is 0 Å². The van der Waals surface area contributed by atoms with Gasteiger partial charge in [0.15, 0.2) is 11.5 Å². The number of aryl methyl sites for hydroxylation is 1. The first-order chi connectivity index (χ1) is 13.9. The van der Waals surface area contributed by atoms with Gasteiger partial charge in [-0.2, -0.15) is 0 Å². The molecule has 4 nitrogen and oxygen atoms in total. The number of aromatic amines is 1. The van der Waals surface area contributed by atoms with Crippen molar-refractivity contribution in [2.24, 2.45) is 0 Å². The quantitative estimate of drug-likeness (QED) is 0.475. The molecule has 3 aromatic rings. The second-order valence-corrected chi connectivity index (χ2v) is 7.69. The standard InChI is InChI=1S/C24H26N2O2/c1-2-7-17(8-3-1)19-10-6-12-25-21(19)11-5-4-9-18-15-26-22-14-24-23(13-20(18)22)27-16-28-24/h1-3,6-8,10,13-15,19,21,25-26H,4-5,9,11-12,16H2. The molecule has 2 aromatic carbocycles. The summed E-state index contributed by atoms with van der Waals surface area (Å²) in [6, 6.07) is 15.5. The lowest BCUT2D eigenvalue weighted by Crippen LogP contribution is -2.37. The van der Waals surface area contributed by atoms with E-state index in [4.69, 9.17) is 9.47 Å². The first-order valence-corrected chi connectivity index (χ1v) is 10.2. The molecule has 0 saturated heterocycles. The van der Waals surface area contributed by atoms with Crippen LogP contribution in [0.5, 0.6) is 11.5 Å². The molecule has 2 N–H and O–H groups in total. The van der Waals surface area contributed by atoms with E-state index in [-0.39, 0.29) is 0 Å². The van der Waals surface area contributed by atoms with E-state index in [0.29, 0.717) is 18.8 Å². The number of nitrogens with one attached hydrogen (secondary N) is 2. The smallest absolute Gasteiger partial charge is 0.231 e. The van der Waals surface area contributed by atoms with Crippen LogP contribution in [-0.2, 0) is 6.42 Å². The Morgan fingerprint density at radius 1 is 1.00 bits per heavy atom. The first kappa shape index (κ1) is 17.4. The van der Waals surface area contributed by atoms with Gasteiger partial charge in [-0.15, -0.1) is 0 Å². The molecular formula is C24H26N2O2. The van der Waals surface area contributed by atoms with E-state index < -0.39 is 0 Å². The van der Waals surface area contributed by atoms with Crippen molar-refractivity contribution in [3.8, 4) is 11.5 Å². The molecule has 2 aliphatic heterocycles. The fraction of sp³-hybridized carbons (Fsp3) is 0.333. The second kappa shape index (κ2) is 7.72. The molecule has 2 unspecified atom stereocenters. The Balaban J connectivity index is 1.20. The second-order valence-electron chi connectivity index (χ2n) is 7.69. The Morgan fingerprint density at radius 3 is 2.75 bits per heavy atom. The van der Waals surface area contributed by atoms with E-state index in [1.54, 1.807) is 0 Å². The molecule has 28 heavy (non-hydrogen) atoms. The Kier molecular flexibility index (Phi) is 4.79. The summed E-state index contributed by atoms with van der Waals surface area (Å²) in [5.41, 5.74) is 3.90. The third kappa shape index (κ3) is 3.40. The Bertz CT molecular complexity index is 977. The highest BCUT2D eigenvalue weighted by Crippen LogP contribution is 2.37. The monoisotopic (exact) mass is 374 g/mol. The van der Waals surface area contributed by atoms with Gasteiger partial charge in [-0.1, -0.05) is 48.9 Å². The molecule has 3 heterocycles. The summed E-state index contributed by atoms with van der Waals surface area (Å²) >= 11 is 0. The zero-order valence-corrected chi connectivity index (χ0v) is 16.0. The van der Waals surface area contributed by atoms with Crippen LogP contribution < -0.4 is 14.8 Å². The van der Waals surface area contributed by atoms with Crippen molar-refractivity contribution in [3.05, 3.63) is 71.9 Å². The average Bonchev–Trinajstić information content (AvgIpc) is 3.37. The maximum Gasteiger partial charge on any atom is 0.231 e. The third-order valence-electron chi connectivity index (χ3n) is 5.93. The zero-order chi connectivity index (χ0) is 18.8.